The SMILES string of the molecule is Cc1nnn(C)c1-c1cc2[nH]c3cc(Br)cnc3c2cc1F. The number of aromatic amines is 1. The van der Waals surface area contributed by atoms with E-state index in [2.05, 4.69) is 36.2 Å². The third-order valence-corrected chi connectivity index (χ3v) is 4.17. The van der Waals surface area contributed by atoms with E-state index >= 15 is 0 Å². The molecule has 0 aliphatic carbocycles. The Morgan fingerprint density at radius 3 is 2.77 bits per heavy atom. The van der Waals surface area contributed by atoms with E-state index in [0.29, 0.717) is 17.0 Å². The van der Waals surface area contributed by atoms with Crippen molar-refractivity contribution in [2.75, 3.05) is 0 Å². The molecule has 0 saturated carbocycles. The highest BCUT2D eigenvalue weighted by atomic mass is 79.9. The maximum atomic E-state index is 14.6. The zero-order chi connectivity index (χ0) is 15.4. The highest BCUT2D eigenvalue weighted by molar-refractivity contribution is 9.10. The second kappa shape index (κ2) is 4.61. The lowest BCUT2D eigenvalue weighted by Gasteiger charge is -2.05. The Morgan fingerprint density at radius 1 is 1.23 bits per heavy atom. The summed E-state index contributed by atoms with van der Waals surface area (Å²) in [6.07, 6.45) is 1.70. The monoisotopic (exact) mass is 359 g/mol. The first-order chi connectivity index (χ1) is 10.5. The lowest BCUT2D eigenvalue weighted by molar-refractivity contribution is 0.629. The van der Waals surface area contributed by atoms with Gasteiger partial charge in [0.1, 0.15) is 5.82 Å². The molecule has 3 aromatic heterocycles. The van der Waals surface area contributed by atoms with Gasteiger partial charge in [-0.3, -0.25) is 4.98 Å². The number of nitrogens with one attached hydrogen (secondary N) is 1. The number of hydrogen-bond donors (Lipinski definition) is 1. The van der Waals surface area contributed by atoms with Crippen LogP contribution in [-0.2, 0) is 7.05 Å². The molecular weight excluding hydrogens is 349 g/mol. The summed E-state index contributed by atoms with van der Waals surface area (Å²) in [5, 5.41) is 8.69. The van der Waals surface area contributed by atoms with Crippen LogP contribution in [0.25, 0.3) is 33.2 Å². The van der Waals surface area contributed by atoms with Gasteiger partial charge in [-0.2, -0.15) is 0 Å². The Balaban J connectivity index is 2.06. The molecule has 0 spiro atoms. The van der Waals surface area contributed by atoms with Gasteiger partial charge in [-0.1, -0.05) is 5.21 Å². The maximum Gasteiger partial charge on any atom is 0.133 e. The molecule has 1 aromatic carbocycles. The third-order valence-electron chi connectivity index (χ3n) is 3.74. The number of H-pyrrole nitrogens is 1. The van der Waals surface area contributed by atoms with Gasteiger partial charge in [0.05, 0.1) is 22.4 Å². The molecule has 0 aliphatic rings. The molecule has 5 nitrogen and oxygen atoms in total. The first kappa shape index (κ1) is 13.4. The zero-order valence-corrected chi connectivity index (χ0v) is 13.4. The average molecular weight is 360 g/mol. The van der Waals surface area contributed by atoms with Crippen molar-refractivity contribution in [1.82, 2.24) is 25.0 Å². The average Bonchev–Trinajstić information content (AvgIpc) is 2.98. The molecule has 22 heavy (non-hydrogen) atoms. The largest absolute Gasteiger partial charge is 0.353 e. The molecule has 1 N–H and O–H groups in total. The fourth-order valence-electron chi connectivity index (χ4n) is 2.78. The Kier molecular flexibility index (Phi) is 2.80. The number of nitrogens with zero attached hydrogens (tertiary/aromatic N) is 4. The highest BCUT2D eigenvalue weighted by Gasteiger charge is 2.17. The van der Waals surface area contributed by atoms with Crippen molar-refractivity contribution in [2.24, 2.45) is 7.05 Å². The normalized spacial score (nSPS) is 11.6. The number of halogens is 2. The molecule has 0 amide bonds. The molecule has 0 radical (unpaired) electrons. The van der Waals surface area contributed by atoms with E-state index in [4.69, 9.17) is 0 Å². The lowest BCUT2D eigenvalue weighted by atomic mass is 10.1. The summed E-state index contributed by atoms with van der Waals surface area (Å²) in [7, 11) is 1.75. The molecule has 0 fully saturated rings. The van der Waals surface area contributed by atoms with Crippen LogP contribution in [-0.4, -0.2) is 25.0 Å². The van der Waals surface area contributed by atoms with E-state index in [1.54, 1.807) is 24.0 Å². The minimum atomic E-state index is -0.313. The Morgan fingerprint density at radius 2 is 2.05 bits per heavy atom. The third kappa shape index (κ3) is 1.85. The summed E-state index contributed by atoms with van der Waals surface area (Å²) in [6.45, 7) is 1.82. The Labute approximate surface area is 133 Å². The van der Waals surface area contributed by atoms with Crippen molar-refractivity contribution in [3.63, 3.8) is 0 Å². The number of hydrogen-bond acceptors (Lipinski definition) is 3. The van der Waals surface area contributed by atoms with Crippen LogP contribution in [0.5, 0.6) is 0 Å². The van der Waals surface area contributed by atoms with Crippen LogP contribution in [0, 0.1) is 12.7 Å². The van der Waals surface area contributed by atoms with Crippen LogP contribution in [0.1, 0.15) is 5.69 Å². The van der Waals surface area contributed by atoms with Crippen molar-refractivity contribution in [3.05, 3.63) is 40.4 Å². The van der Waals surface area contributed by atoms with Crippen molar-refractivity contribution in [1.29, 1.82) is 0 Å². The predicted octanol–water partition coefficient (Wildman–Crippen LogP) is 3.72. The van der Waals surface area contributed by atoms with E-state index in [9.17, 15) is 4.39 Å². The van der Waals surface area contributed by atoms with Crippen molar-refractivity contribution < 1.29 is 4.39 Å². The van der Waals surface area contributed by atoms with Gasteiger partial charge >= 0.3 is 0 Å². The minimum Gasteiger partial charge on any atom is -0.353 e. The number of benzene rings is 1. The van der Waals surface area contributed by atoms with Crippen LogP contribution >= 0.6 is 15.9 Å². The minimum absolute atomic E-state index is 0.313. The quantitative estimate of drug-likeness (QED) is 0.563. The van der Waals surface area contributed by atoms with E-state index in [0.717, 1.165) is 26.4 Å². The summed E-state index contributed by atoms with van der Waals surface area (Å²) in [6, 6.07) is 5.22. The molecule has 0 unspecified atom stereocenters. The molecule has 110 valence electrons. The van der Waals surface area contributed by atoms with Crippen molar-refractivity contribution >= 4 is 37.9 Å². The van der Waals surface area contributed by atoms with E-state index < -0.39 is 0 Å². The van der Waals surface area contributed by atoms with Gasteiger partial charge in [0.15, 0.2) is 0 Å². The first-order valence-corrected chi connectivity index (χ1v) is 7.47. The molecule has 0 aliphatic heterocycles. The molecule has 4 rings (SSSR count). The van der Waals surface area contributed by atoms with Crippen LogP contribution < -0.4 is 0 Å². The second-order valence-electron chi connectivity index (χ2n) is 5.20. The van der Waals surface area contributed by atoms with E-state index in [1.165, 1.54) is 6.07 Å². The molecule has 3 heterocycles. The molecular formula is C15H11BrFN5. The molecule has 0 atom stereocenters. The zero-order valence-electron chi connectivity index (χ0n) is 11.9. The predicted molar refractivity (Wildman–Crippen MR) is 86.0 cm³/mol. The molecule has 4 aromatic rings. The molecule has 0 bridgehead atoms. The van der Waals surface area contributed by atoms with Gasteiger partial charge in [0, 0.05) is 34.2 Å². The number of aromatic nitrogens is 5. The standard InChI is InChI=1S/C15H11BrFN5/c1-7-15(22(2)21-20-7)9-5-12-10(4-11(9)17)14-13(19-12)3-8(16)6-18-14/h3-6,19H,1-2H3. The molecule has 0 saturated heterocycles. The van der Waals surface area contributed by atoms with Gasteiger partial charge in [0.2, 0.25) is 0 Å². The van der Waals surface area contributed by atoms with Crippen LogP contribution in [0.15, 0.2) is 28.9 Å². The highest BCUT2D eigenvalue weighted by Crippen LogP contribution is 2.32. The fourth-order valence-corrected chi connectivity index (χ4v) is 3.11. The van der Waals surface area contributed by atoms with E-state index in [1.807, 2.05) is 13.0 Å². The topological polar surface area (TPSA) is 59.4 Å². The van der Waals surface area contributed by atoms with Gasteiger partial charge in [0.25, 0.3) is 0 Å². The summed E-state index contributed by atoms with van der Waals surface area (Å²) in [4.78, 5) is 7.64. The Hall–Kier alpha value is -2.28. The number of pyridine rings is 1. The van der Waals surface area contributed by atoms with Gasteiger partial charge in [-0.05, 0) is 41.1 Å². The van der Waals surface area contributed by atoms with E-state index in [-0.39, 0.29) is 5.82 Å². The summed E-state index contributed by atoms with van der Waals surface area (Å²) in [5.74, 6) is -0.313. The summed E-state index contributed by atoms with van der Waals surface area (Å²) >= 11 is 3.39. The maximum absolute atomic E-state index is 14.6. The van der Waals surface area contributed by atoms with Gasteiger partial charge in [-0.25, -0.2) is 9.07 Å². The molecule has 7 heteroatoms. The number of fused-ring (bicyclic) bond motifs is 3. The number of rotatable bonds is 1. The first-order valence-electron chi connectivity index (χ1n) is 6.67. The van der Waals surface area contributed by atoms with Gasteiger partial charge < -0.3 is 4.98 Å². The van der Waals surface area contributed by atoms with Crippen LogP contribution in [0.4, 0.5) is 4.39 Å². The van der Waals surface area contributed by atoms with Crippen molar-refractivity contribution in [3.8, 4) is 11.3 Å². The Bertz CT molecular complexity index is 1010. The van der Waals surface area contributed by atoms with Gasteiger partial charge in [-0.15, -0.1) is 5.10 Å². The van der Waals surface area contributed by atoms with Crippen LogP contribution in [0.3, 0.4) is 0 Å². The fraction of sp³-hybridized carbons (Fsp3) is 0.133. The summed E-state index contributed by atoms with van der Waals surface area (Å²) in [5.41, 5.74) is 4.29. The lowest BCUT2D eigenvalue weighted by Crippen LogP contribution is -1.96. The second-order valence-corrected chi connectivity index (χ2v) is 6.12. The van der Waals surface area contributed by atoms with Crippen LogP contribution in [0.2, 0.25) is 0 Å². The van der Waals surface area contributed by atoms with Crippen molar-refractivity contribution in [2.45, 2.75) is 6.92 Å². The smallest absolute Gasteiger partial charge is 0.133 e. The number of aryl methyl sites for hydroxylation is 2. The summed E-state index contributed by atoms with van der Waals surface area (Å²) < 4.78 is 17.1.